The minimum Gasteiger partial charge on any atom is -0.508 e. The number of aryl methyl sites for hydroxylation is 3. The number of hydrazine groups is 1. The van der Waals surface area contributed by atoms with Crippen LogP contribution in [-0.4, -0.2) is 207 Å². The Morgan fingerprint density at radius 2 is 1.52 bits per heavy atom. The van der Waals surface area contributed by atoms with Gasteiger partial charge in [-0.05, 0) is 187 Å². The Bertz CT molecular complexity index is 5060. The first-order valence-electron chi connectivity index (χ1n) is 38.3. The zero-order chi connectivity index (χ0) is 88.1. The lowest BCUT2D eigenvalue weighted by Crippen LogP contribution is -2.43. The number of hydrogen-bond donors (Lipinski definition) is 11. The van der Waals surface area contributed by atoms with Crippen molar-refractivity contribution in [3.8, 4) is 27.1 Å². The number of phenols is 1. The Balaban J connectivity index is 0.000000190. The standard InChI is InChI=1S/C18H24O2.C13H12O3.C10H20N2S4.C9H4Cl3IO.C9H14N4O4.C8H12N2.C6H6N6O2.C6H10N6O/c1-18-9-8-14-13-5-3-12(19)10-11(13)2-4-15(14)16(18)6-7-17(18)20;1-15-13-11-7-10(14)3-2-8(11)6-9-4-5-16-12(9)13;1-5-11(6-2)9(13)15-16-10(14)12(7-3)8-4;10-6-4-8(12)9(5-7(6)11)14-3-1-2-13;10-8(17)9-11-3-13(12-9)5-1-4(2-14)6(15)7(5)16;9-10-7-6-8-4-2-1-3-5-8;1-11-6(14)12-2-8-3(4(7)13)5(12)9-10-11;1-12(2)11-10-6-4(5(7)13)8-3-9-6/h3,5,10,14-17,19-20H,2,4,6-9H2,1H3;4-6H,2-3,7H2,1H3;5-8H2,1-4H3;4-5H,3H2;3-7,14-16H,1-2H2,(H2,10,17);1-5,10H,6-7,9H2;2H,1H3,(H2,7,13);3H,1-2H3,(H2,7,13)(H,8,9). The van der Waals surface area contributed by atoms with Crippen LogP contribution >= 0.6 is 103 Å². The van der Waals surface area contributed by atoms with Gasteiger partial charge >= 0.3 is 5.69 Å². The minimum absolute atomic E-state index is 0.0600. The highest BCUT2D eigenvalue weighted by Crippen LogP contribution is 2.61. The molecule has 33 nitrogen and oxygen atoms in total. The van der Waals surface area contributed by atoms with Gasteiger partial charge in [0, 0.05) is 119 Å². The Morgan fingerprint density at radius 1 is 0.842 bits per heavy atom. The number of nitrogens with zero attached hydrogens (tertiary/aromatic N) is 14. The van der Waals surface area contributed by atoms with Gasteiger partial charge in [0.1, 0.15) is 51.3 Å². The van der Waals surface area contributed by atoms with Crippen LogP contribution < -0.4 is 43.6 Å². The van der Waals surface area contributed by atoms with Gasteiger partial charge in [-0.1, -0.05) is 119 Å². The summed E-state index contributed by atoms with van der Waals surface area (Å²) in [6.45, 7) is 15.5. The number of carbonyl (C=O) groups is 4. The van der Waals surface area contributed by atoms with Crippen LogP contribution in [0.25, 0.3) is 16.6 Å². The van der Waals surface area contributed by atoms with Crippen molar-refractivity contribution in [1.29, 1.82) is 0 Å². The number of imidazole rings is 2. The van der Waals surface area contributed by atoms with E-state index < -0.39 is 47.6 Å². The number of halogens is 4. The average Bonchev–Trinajstić information content (AvgIpc) is 1.48. The molecule has 3 amide bonds. The van der Waals surface area contributed by atoms with Crippen molar-refractivity contribution in [2.75, 3.05) is 67.1 Å². The Kier molecular flexibility index (Phi) is 39.6. The number of aromatic nitrogens is 10. The maximum atomic E-state index is 11.5. The van der Waals surface area contributed by atoms with Crippen molar-refractivity contribution < 1.29 is 58.6 Å². The summed E-state index contributed by atoms with van der Waals surface area (Å²) in [4.78, 5) is 73.3. The lowest BCUT2D eigenvalue weighted by Gasteiger charge is -2.50. The number of ether oxygens (including phenoxy) is 2. The van der Waals surface area contributed by atoms with Gasteiger partial charge in [0.25, 0.3) is 17.7 Å². The number of nitrogens with two attached hydrogens (primary N) is 4. The number of Topliss-reactive ketones (excluding diaryl/α,β-unsaturated/α-hetero) is 1. The highest BCUT2D eigenvalue weighted by molar-refractivity contribution is 14.1. The van der Waals surface area contributed by atoms with Gasteiger partial charge in [0.15, 0.2) is 28.4 Å². The number of phenolic OH excluding ortho intramolecular Hbond substituents is 1. The topological polar surface area (TPSA) is 476 Å². The van der Waals surface area contributed by atoms with Crippen molar-refractivity contribution in [3.63, 3.8) is 0 Å². The van der Waals surface area contributed by atoms with E-state index in [1.54, 1.807) is 55.1 Å². The van der Waals surface area contributed by atoms with Gasteiger partial charge in [-0.3, -0.25) is 35.5 Å². The maximum absolute atomic E-state index is 11.5. The summed E-state index contributed by atoms with van der Waals surface area (Å²) in [6, 6.07) is 22.8. The molecule has 15 N–H and O–H groups in total. The van der Waals surface area contributed by atoms with Crippen LogP contribution in [0.4, 0.5) is 5.82 Å². The molecule has 3 saturated carbocycles. The van der Waals surface area contributed by atoms with Crippen LogP contribution in [0.1, 0.15) is 151 Å². The molecular formula is C79H102Cl3IN20O13S4. The van der Waals surface area contributed by atoms with E-state index >= 15 is 0 Å². The third-order valence-corrected chi connectivity index (χ3v) is 25.9. The molecule has 0 spiro atoms. The van der Waals surface area contributed by atoms with Crippen LogP contribution in [0.5, 0.6) is 17.2 Å². The summed E-state index contributed by atoms with van der Waals surface area (Å²) >= 11 is 30.0. The molecule has 0 saturated heterocycles. The van der Waals surface area contributed by atoms with Crippen LogP contribution in [0.3, 0.4) is 0 Å². The SMILES string of the molecule is CC12CCC3c4ccc(O)cc4CCC3C1CCC2O.CCN(CC)C(=S)SSC(=S)N(CC)CC.CN(C)N=Nc1nc[nH]c1C(N)=O.COc1c2c(cc3ccoc13)CCC(=O)C2.Clc1cc(Cl)c(OCC#CI)cc1Cl.Cn1nnc2c(C(N)=O)ncn2c1=O.NC(=O)c1ncn(C2CC(CO)C(O)C2O)n1.NNCCc1ccccc1. The molecule has 14 rings (SSSR count). The maximum Gasteiger partial charge on any atom is 0.352 e. The number of furan rings is 1. The second-order valence-electron chi connectivity index (χ2n) is 28.3. The number of fused-ring (bicyclic) bond motifs is 8. The number of aliphatic hydroxyl groups is 4. The number of H-pyrrole nitrogens is 1. The van der Waals surface area contributed by atoms with Gasteiger partial charge in [0.2, 0.25) is 11.6 Å². The van der Waals surface area contributed by atoms with E-state index in [4.69, 9.17) is 101 Å². The fraction of sp³-hybridized carbons (Fsp3) is 0.456. The average molecular weight is 1900 g/mol. The fourth-order valence-corrected chi connectivity index (χ4v) is 18.3. The van der Waals surface area contributed by atoms with Crippen LogP contribution in [-0.2, 0) is 37.5 Å². The number of benzene rings is 4. The molecule has 4 aromatic carbocycles. The zero-order valence-corrected chi connectivity index (χ0v) is 75.5. The van der Waals surface area contributed by atoms with Gasteiger partial charge in [-0.2, -0.15) is 4.68 Å². The van der Waals surface area contributed by atoms with E-state index in [2.05, 4.69) is 130 Å². The first-order valence-corrected chi connectivity index (χ1v) is 43.5. The Morgan fingerprint density at radius 3 is 2.12 bits per heavy atom. The van der Waals surface area contributed by atoms with Crippen molar-refractivity contribution in [2.24, 2.45) is 63.6 Å². The van der Waals surface area contributed by atoms with E-state index in [0.29, 0.717) is 57.7 Å². The second kappa shape index (κ2) is 48.2. The fourth-order valence-electron chi connectivity index (χ4n) is 14.5. The lowest BCUT2D eigenvalue weighted by atomic mass is 9.55. The molecular weight excluding hydrogens is 1800 g/mol. The summed E-state index contributed by atoms with van der Waals surface area (Å²) in [7, 11) is 9.67. The van der Waals surface area contributed by atoms with Gasteiger partial charge < -0.3 is 71.4 Å². The molecule has 648 valence electrons. The second-order valence-corrected chi connectivity index (χ2v) is 33.5. The summed E-state index contributed by atoms with van der Waals surface area (Å²) < 4.78 is 24.0. The predicted molar refractivity (Wildman–Crippen MR) is 480 cm³/mol. The Hall–Kier alpha value is -8.67. The van der Waals surface area contributed by atoms with Crippen molar-refractivity contribution >= 4 is 158 Å². The Labute approximate surface area is 742 Å². The first kappa shape index (κ1) is 98.4. The molecule has 3 fully saturated rings. The molecule has 9 aromatic rings. The molecule has 5 aliphatic carbocycles. The number of aromatic amines is 1. The van der Waals surface area contributed by atoms with Gasteiger partial charge in [-0.25, -0.2) is 28.8 Å². The van der Waals surface area contributed by atoms with E-state index in [0.717, 1.165) is 111 Å². The molecule has 0 bridgehead atoms. The molecule has 5 aromatic heterocycles. The highest BCUT2D eigenvalue weighted by Gasteiger charge is 2.54. The minimum atomic E-state index is -1.05. The summed E-state index contributed by atoms with van der Waals surface area (Å²) in [6.07, 6.45) is 13.5. The third kappa shape index (κ3) is 26.7. The number of nitrogens with one attached hydrogen (secondary N) is 2. The van der Waals surface area contributed by atoms with Gasteiger partial charge in [0.05, 0.1) is 53.0 Å². The quantitative estimate of drug-likeness (QED) is 0.00589. The van der Waals surface area contributed by atoms with E-state index in [1.165, 1.54) is 83.3 Å². The smallest absolute Gasteiger partial charge is 0.352 e. The highest BCUT2D eigenvalue weighted by atomic mass is 127. The molecule has 0 aliphatic heterocycles. The molecule has 41 heteroatoms. The number of aromatic hydroxyl groups is 1. The van der Waals surface area contributed by atoms with Crippen molar-refractivity contribution in [3.05, 3.63) is 169 Å². The lowest BCUT2D eigenvalue weighted by molar-refractivity contribution is -0.118. The van der Waals surface area contributed by atoms with Crippen LogP contribution in [0.15, 0.2) is 118 Å². The van der Waals surface area contributed by atoms with Crippen molar-refractivity contribution in [1.82, 2.24) is 69.3 Å². The van der Waals surface area contributed by atoms with Crippen LogP contribution in [0, 0.1) is 33.0 Å². The number of thiocarbonyl (C=S) groups is 2. The number of rotatable bonds is 17. The molecule has 5 heterocycles. The van der Waals surface area contributed by atoms with Crippen molar-refractivity contribution in [2.45, 2.75) is 136 Å². The summed E-state index contributed by atoms with van der Waals surface area (Å²) in [5, 5.41) is 70.6. The zero-order valence-electron chi connectivity index (χ0n) is 67.8. The normalized spacial score (nSPS) is 19.4. The number of amides is 3. The van der Waals surface area contributed by atoms with Gasteiger partial charge in [-0.15, -0.1) is 15.3 Å². The first-order chi connectivity index (χ1) is 57.3. The third-order valence-electron chi connectivity index (χ3n) is 20.8. The molecule has 0 radical (unpaired) electrons. The van der Waals surface area contributed by atoms with Crippen LogP contribution in [0.2, 0.25) is 15.1 Å². The van der Waals surface area contributed by atoms with E-state index in [-0.39, 0.29) is 59.2 Å². The molecule has 9 unspecified atom stereocenters. The number of ketones is 1. The monoisotopic (exact) mass is 1900 g/mol. The van der Waals surface area contributed by atoms with E-state index in [1.807, 2.05) is 59.0 Å². The molecule has 9 atom stereocenters. The number of primary amides is 3. The predicted octanol–water partition coefficient (Wildman–Crippen LogP) is 10.5. The number of methoxy groups -OCH3 is 1. The number of aliphatic hydroxyl groups excluding tert-OH is 4. The summed E-state index contributed by atoms with van der Waals surface area (Å²) in [5.74, 6) is 9.39. The molecule has 5 aliphatic rings. The number of hydrogen-bond acceptors (Lipinski definition) is 27. The van der Waals surface area contributed by atoms with E-state index in [9.17, 15) is 44.4 Å². The molecule has 120 heavy (non-hydrogen) atoms. The summed E-state index contributed by atoms with van der Waals surface area (Å²) in [5.41, 5.74) is 24.7. The number of carbonyl (C=O) groups excluding carboxylic acids is 4. The largest absolute Gasteiger partial charge is 0.508 e.